The van der Waals surface area contributed by atoms with Gasteiger partial charge in [0.1, 0.15) is 5.69 Å². The molecule has 3 rings (SSSR count). The predicted molar refractivity (Wildman–Crippen MR) is 90.2 cm³/mol. The smallest absolute Gasteiger partial charge is 0.272 e. The minimum Gasteiger partial charge on any atom is -0.380 e. The number of carbonyl (C=O) groups excluding carboxylic acids is 1. The highest BCUT2D eigenvalue weighted by atomic mass is 16.5. The molecule has 1 saturated heterocycles. The molecule has 7 nitrogen and oxygen atoms in total. The fraction of sp³-hybridized carbons (Fsp3) is 0.471. The van der Waals surface area contributed by atoms with E-state index >= 15 is 0 Å². The molecule has 0 unspecified atom stereocenters. The third-order valence-electron chi connectivity index (χ3n) is 4.58. The molecule has 0 saturated carbocycles. The van der Waals surface area contributed by atoms with E-state index in [0.29, 0.717) is 18.3 Å². The molecule has 0 spiro atoms. The van der Waals surface area contributed by atoms with E-state index in [1.807, 2.05) is 23.9 Å². The summed E-state index contributed by atoms with van der Waals surface area (Å²) in [5, 5.41) is 0. The number of nitrogens with zero attached hydrogens (tertiary/aromatic N) is 5. The molecule has 2 atom stereocenters. The van der Waals surface area contributed by atoms with Gasteiger partial charge in [0.15, 0.2) is 0 Å². The monoisotopic (exact) mass is 329 g/mol. The second-order valence-corrected chi connectivity index (χ2v) is 6.24. The number of rotatable bonds is 5. The van der Waals surface area contributed by atoms with Crippen LogP contribution in [0.15, 0.2) is 37.1 Å². The van der Waals surface area contributed by atoms with Crippen molar-refractivity contribution in [1.82, 2.24) is 24.3 Å². The Hall–Kier alpha value is -2.25. The second-order valence-electron chi connectivity index (χ2n) is 6.24. The first-order valence-electron chi connectivity index (χ1n) is 8.01. The lowest BCUT2D eigenvalue weighted by Crippen LogP contribution is -2.39. The van der Waals surface area contributed by atoms with E-state index in [1.165, 1.54) is 0 Å². The van der Waals surface area contributed by atoms with E-state index in [9.17, 15) is 4.79 Å². The number of hydrogen-bond donors (Lipinski definition) is 0. The van der Waals surface area contributed by atoms with Crippen molar-refractivity contribution in [2.75, 3.05) is 34.3 Å². The standard InChI is InChI=1S/C17H23N5O2/c1-20-11-15(24-3)8-14(20)10-21(2)17(23)16-9-13(4-5-19-16)22-7-6-18-12-22/h4-7,9,12,14-15H,8,10-11H2,1-3H3/t14-,15-/m0/s1. The summed E-state index contributed by atoms with van der Waals surface area (Å²) in [5.74, 6) is -0.0776. The maximum Gasteiger partial charge on any atom is 0.272 e. The Kier molecular flexibility index (Phi) is 4.92. The molecule has 0 N–H and O–H groups in total. The molecule has 2 aromatic heterocycles. The molecule has 0 radical (unpaired) electrons. The van der Waals surface area contributed by atoms with Crippen LogP contribution in [-0.4, -0.2) is 76.7 Å². The first-order valence-corrected chi connectivity index (χ1v) is 8.01. The van der Waals surface area contributed by atoms with Gasteiger partial charge >= 0.3 is 0 Å². The van der Waals surface area contributed by atoms with Gasteiger partial charge in [-0.05, 0) is 25.6 Å². The predicted octanol–water partition coefficient (Wildman–Crippen LogP) is 1.06. The van der Waals surface area contributed by atoms with Crippen molar-refractivity contribution >= 4 is 5.91 Å². The topological polar surface area (TPSA) is 63.5 Å². The number of likely N-dealkylation sites (N-methyl/N-ethyl adjacent to an activating group) is 2. The molecule has 1 aliphatic rings. The van der Waals surface area contributed by atoms with Gasteiger partial charge < -0.3 is 14.2 Å². The summed E-state index contributed by atoms with van der Waals surface area (Å²) in [6.45, 7) is 1.56. The van der Waals surface area contributed by atoms with E-state index < -0.39 is 0 Å². The van der Waals surface area contributed by atoms with Crippen molar-refractivity contribution in [1.29, 1.82) is 0 Å². The lowest BCUT2D eigenvalue weighted by Gasteiger charge is -2.25. The maximum absolute atomic E-state index is 12.7. The van der Waals surface area contributed by atoms with Crippen LogP contribution >= 0.6 is 0 Å². The van der Waals surface area contributed by atoms with Crippen molar-refractivity contribution in [2.45, 2.75) is 18.6 Å². The van der Waals surface area contributed by atoms with Crippen LogP contribution in [0.4, 0.5) is 0 Å². The second kappa shape index (κ2) is 7.11. The Balaban J connectivity index is 1.69. The van der Waals surface area contributed by atoms with Gasteiger partial charge in [0.2, 0.25) is 0 Å². The van der Waals surface area contributed by atoms with Crippen molar-refractivity contribution in [2.24, 2.45) is 0 Å². The first kappa shape index (κ1) is 16.6. The van der Waals surface area contributed by atoms with E-state index in [4.69, 9.17) is 4.74 Å². The highest BCUT2D eigenvalue weighted by Gasteiger charge is 2.31. The Bertz CT molecular complexity index is 688. The molecule has 128 valence electrons. The fourth-order valence-electron chi connectivity index (χ4n) is 3.12. The lowest BCUT2D eigenvalue weighted by atomic mass is 10.2. The number of methoxy groups -OCH3 is 1. The van der Waals surface area contributed by atoms with E-state index in [-0.39, 0.29) is 12.0 Å². The number of hydrogen-bond acceptors (Lipinski definition) is 5. The van der Waals surface area contributed by atoms with Crippen LogP contribution < -0.4 is 0 Å². The summed E-state index contributed by atoms with van der Waals surface area (Å²) in [5.41, 5.74) is 1.31. The summed E-state index contributed by atoms with van der Waals surface area (Å²) in [7, 11) is 5.63. The van der Waals surface area contributed by atoms with Crippen LogP contribution in [0.3, 0.4) is 0 Å². The zero-order valence-corrected chi connectivity index (χ0v) is 14.3. The normalized spacial score (nSPS) is 21.1. The summed E-state index contributed by atoms with van der Waals surface area (Å²) >= 11 is 0. The third-order valence-corrected chi connectivity index (χ3v) is 4.58. The molecule has 1 fully saturated rings. The minimum atomic E-state index is -0.0776. The highest BCUT2D eigenvalue weighted by Crippen LogP contribution is 2.19. The number of aromatic nitrogens is 3. The van der Waals surface area contributed by atoms with Crippen LogP contribution in [-0.2, 0) is 4.74 Å². The zero-order chi connectivity index (χ0) is 17.1. The SMILES string of the molecule is CO[C@H]1C[C@@H](CN(C)C(=O)c2cc(-n3ccnc3)ccn2)N(C)C1. The van der Waals surface area contributed by atoms with E-state index in [1.54, 1.807) is 36.8 Å². The summed E-state index contributed by atoms with van der Waals surface area (Å²) < 4.78 is 7.28. The van der Waals surface area contributed by atoms with Gasteiger partial charge in [0.05, 0.1) is 18.1 Å². The average Bonchev–Trinajstić information content (AvgIpc) is 3.24. The summed E-state index contributed by atoms with van der Waals surface area (Å²) in [4.78, 5) is 24.9. The zero-order valence-electron chi connectivity index (χ0n) is 14.3. The highest BCUT2D eigenvalue weighted by molar-refractivity contribution is 5.92. The molecular weight excluding hydrogens is 306 g/mol. The fourth-order valence-corrected chi connectivity index (χ4v) is 3.12. The number of imidazole rings is 1. The summed E-state index contributed by atoms with van der Waals surface area (Å²) in [6, 6.07) is 3.95. The largest absolute Gasteiger partial charge is 0.380 e. The number of likely N-dealkylation sites (tertiary alicyclic amines) is 1. The molecule has 0 aromatic carbocycles. The minimum absolute atomic E-state index is 0.0776. The van der Waals surface area contributed by atoms with Gasteiger partial charge in [-0.3, -0.25) is 14.7 Å². The first-order chi connectivity index (χ1) is 11.6. The molecule has 0 bridgehead atoms. The van der Waals surface area contributed by atoms with Gasteiger partial charge in [0, 0.05) is 51.9 Å². The number of carbonyl (C=O) groups is 1. The molecular formula is C17H23N5O2. The number of ether oxygens (including phenoxy) is 1. The van der Waals surface area contributed by atoms with Crippen molar-refractivity contribution in [3.63, 3.8) is 0 Å². The molecule has 3 heterocycles. The van der Waals surface area contributed by atoms with E-state index in [2.05, 4.69) is 21.9 Å². The molecule has 2 aromatic rings. The van der Waals surface area contributed by atoms with Crippen LogP contribution in [0, 0.1) is 0 Å². The van der Waals surface area contributed by atoms with Gasteiger partial charge in [-0.15, -0.1) is 0 Å². The van der Waals surface area contributed by atoms with Crippen molar-refractivity contribution in [3.05, 3.63) is 42.7 Å². The average molecular weight is 329 g/mol. The lowest BCUT2D eigenvalue weighted by molar-refractivity contribution is 0.0754. The van der Waals surface area contributed by atoms with Gasteiger partial charge in [-0.25, -0.2) is 4.98 Å². The Morgan fingerprint density at radius 2 is 2.29 bits per heavy atom. The maximum atomic E-state index is 12.7. The van der Waals surface area contributed by atoms with Crippen molar-refractivity contribution < 1.29 is 9.53 Å². The number of pyridine rings is 1. The number of amides is 1. The van der Waals surface area contributed by atoms with Gasteiger partial charge in [0.25, 0.3) is 5.91 Å². The summed E-state index contributed by atoms with van der Waals surface area (Å²) in [6.07, 6.45) is 8.07. The van der Waals surface area contributed by atoms with Crippen LogP contribution in [0.1, 0.15) is 16.9 Å². The molecule has 7 heteroatoms. The third kappa shape index (κ3) is 3.47. The van der Waals surface area contributed by atoms with Crippen LogP contribution in [0.5, 0.6) is 0 Å². The molecule has 1 aliphatic heterocycles. The van der Waals surface area contributed by atoms with Crippen LogP contribution in [0.25, 0.3) is 5.69 Å². The quantitative estimate of drug-likeness (QED) is 0.821. The molecule has 24 heavy (non-hydrogen) atoms. The van der Waals surface area contributed by atoms with E-state index in [0.717, 1.165) is 18.7 Å². The Morgan fingerprint density at radius 1 is 1.46 bits per heavy atom. The Morgan fingerprint density at radius 3 is 2.96 bits per heavy atom. The Labute approximate surface area is 141 Å². The molecule has 0 aliphatic carbocycles. The van der Waals surface area contributed by atoms with Crippen LogP contribution in [0.2, 0.25) is 0 Å². The van der Waals surface area contributed by atoms with Crippen molar-refractivity contribution in [3.8, 4) is 5.69 Å². The van der Waals surface area contributed by atoms with Gasteiger partial charge in [-0.1, -0.05) is 0 Å². The molecule has 1 amide bonds. The van der Waals surface area contributed by atoms with Gasteiger partial charge in [-0.2, -0.15) is 0 Å².